The quantitative estimate of drug-likeness (QED) is 0.315. The molecule has 27 heavy (non-hydrogen) atoms. The van der Waals surface area contributed by atoms with E-state index in [0.29, 0.717) is 22.8 Å². The van der Waals surface area contributed by atoms with Crippen LogP contribution in [0.1, 0.15) is 29.9 Å². The van der Waals surface area contributed by atoms with Crippen LogP contribution in [0.15, 0.2) is 65.8 Å². The van der Waals surface area contributed by atoms with E-state index < -0.39 is 0 Å². The van der Waals surface area contributed by atoms with E-state index >= 15 is 0 Å². The van der Waals surface area contributed by atoms with E-state index in [4.69, 9.17) is 4.74 Å². The van der Waals surface area contributed by atoms with Gasteiger partial charge >= 0.3 is 5.97 Å². The zero-order chi connectivity index (χ0) is 19.2. The molecule has 0 unspecified atom stereocenters. The molecule has 0 saturated carbocycles. The summed E-state index contributed by atoms with van der Waals surface area (Å²) in [5.41, 5.74) is 5.82. The van der Waals surface area contributed by atoms with Crippen LogP contribution in [0.5, 0.6) is 5.75 Å². The Kier molecular flexibility index (Phi) is 5.41. The summed E-state index contributed by atoms with van der Waals surface area (Å²) >= 11 is 0. The van der Waals surface area contributed by atoms with Gasteiger partial charge in [-0.3, -0.25) is 14.7 Å². The maximum Gasteiger partial charge on any atom is 0.308 e. The summed E-state index contributed by atoms with van der Waals surface area (Å²) in [7, 11) is 0. The molecule has 2 N–H and O–H groups in total. The average Bonchev–Trinajstić information content (AvgIpc) is 3.17. The Morgan fingerprint density at radius 2 is 1.74 bits per heavy atom. The highest BCUT2D eigenvalue weighted by Crippen LogP contribution is 2.17. The van der Waals surface area contributed by atoms with Crippen molar-refractivity contribution in [1.82, 2.24) is 15.6 Å². The average molecular weight is 362 g/mol. The molecule has 0 spiro atoms. The van der Waals surface area contributed by atoms with Gasteiger partial charge in [0.25, 0.3) is 5.91 Å². The second kappa shape index (κ2) is 8.09. The van der Waals surface area contributed by atoms with Gasteiger partial charge in [-0.1, -0.05) is 30.3 Å². The van der Waals surface area contributed by atoms with Crippen molar-refractivity contribution in [2.75, 3.05) is 0 Å². The molecule has 1 aromatic heterocycles. The molecule has 0 aliphatic carbocycles. The third-order valence-corrected chi connectivity index (χ3v) is 3.75. The highest BCUT2D eigenvalue weighted by atomic mass is 16.5. The summed E-state index contributed by atoms with van der Waals surface area (Å²) < 4.78 is 4.98. The van der Waals surface area contributed by atoms with Crippen molar-refractivity contribution in [3.05, 3.63) is 71.9 Å². The Morgan fingerprint density at radius 3 is 2.41 bits per heavy atom. The van der Waals surface area contributed by atoms with Crippen molar-refractivity contribution in [1.29, 1.82) is 0 Å². The largest absolute Gasteiger partial charge is 0.427 e. The molecule has 7 heteroatoms. The van der Waals surface area contributed by atoms with Crippen LogP contribution in [-0.2, 0) is 4.79 Å². The topological polar surface area (TPSA) is 96.4 Å². The van der Waals surface area contributed by atoms with Crippen molar-refractivity contribution >= 4 is 17.6 Å². The highest BCUT2D eigenvalue weighted by Gasteiger charge is 2.10. The third kappa shape index (κ3) is 4.66. The summed E-state index contributed by atoms with van der Waals surface area (Å²) in [5, 5.41) is 11.0. The number of nitrogens with zero attached hydrogens (tertiary/aromatic N) is 2. The lowest BCUT2D eigenvalue weighted by atomic mass is 10.1. The Hall–Kier alpha value is -3.74. The van der Waals surface area contributed by atoms with Crippen molar-refractivity contribution in [3.8, 4) is 17.0 Å². The van der Waals surface area contributed by atoms with E-state index in [2.05, 4.69) is 20.7 Å². The molecule has 7 nitrogen and oxygen atoms in total. The predicted molar refractivity (Wildman–Crippen MR) is 101 cm³/mol. The molecule has 3 aromatic rings. The number of benzene rings is 2. The fourth-order valence-electron chi connectivity index (χ4n) is 2.38. The fraction of sp³-hybridized carbons (Fsp3) is 0.100. The molecule has 0 bridgehead atoms. The number of hydrogen-bond acceptors (Lipinski definition) is 5. The standard InChI is InChI=1S/C20H18N4O3/c1-13(15-8-10-17(11-9-15)27-14(2)25)21-24-20(26)19-12-18(22-23-19)16-6-4-3-5-7-16/h3-12H,1-2H3,(H,22,23)(H,24,26). The van der Waals surface area contributed by atoms with Gasteiger partial charge in [-0.05, 0) is 42.8 Å². The van der Waals surface area contributed by atoms with Crippen LogP contribution in [0, 0.1) is 0 Å². The van der Waals surface area contributed by atoms with Gasteiger partial charge in [0.2, 0.25) is 0 Å². The maximum atomic E-state index is 12.3. The first-order valence-corrected chi connectivity index (χ1v) is 8.27. The second-order valence-electron chi connectivity index (χ2n) is 5.79. The van der Waals surface area contributed by atoms with Crippen molar-refractivity contribution in [3.63, 3.8) is 0 Å². The highest BCUT2D eigenvalue weighted by molar-refractivity contribution is 6.00. The van der Waals surface area contributed by atoms with Gasteiger partial charge in [0.05, 0.1) is 11.4 Å². The Labute approximate surface area is 156 Å². The molecule has 0 radical (unpaired) electrons. The number of amides is 1. The van der Waals surface area contributed by atoms with Gasteiger partial charge in [-0.15, -0.1) is 0 Å². The molecule has 2 aromatic carbocycles. The zero-order valence-corrected chi connectivity index (χ0v) is 14.9. The van der Waals surface area contributed by atoms with E-state index in [1.807, 2.05) is 30.3 Å². The van der Waals surface area contributed by atoms with E-state index in [-0.39, 0.29) is 11.9 Å². The number of aromatic amines is 1. The number of ether oxygens (including phenoxy) is 1. The summed E-state index contributed by atoms with van der Waals surface area (Å²) in [6.07, 6.45) is 0. The first-order chi connectivity index (χ1) is 13.0. The minimum atomic E-state index is -0.388. The van der Waals surface area contributed by atoms with Gasteiger partial charge in [-0.25, -0.2) is 5.43 Å². The minimum Gasteiger partial charge on any atom is -0.427 e. The smallest absolute Gasteiger partial charge is 0.308 e. The Bertz CT molecular complexity index is 976. The van der Waals surface area contributed by atoms with Crippen LogP contribution in [0.25, 0.3) is 11.3 Å². The molecule has 1 heterocycles. The van der Waals surface area contributed by atoms with Crippen LogP contribution in [0.4, 0.5) is 0 Å². The van der Waals surface area contributed by atoms with E-state index in [1.54, 1.807) is 37.3 Å². The van der Waals surface area contributed by atoms with Crippen LogP contribution in [-0.4, -0.2) is 27.8 Å². The molecule has 3 rings (SSSR count). The number of carbonyl (C=O) groups is 2. The number of hydrazone groups is 1. The van der Waals surface area contributed by atoms with Gasteiger partial charge in [0.1, 0.15) is 11.4 Å². The SMILES string of the molecule is CC(=O)Oc1ccc(C(C)=NNC(=O)c2cc(-c3ccccc3)n[nH]2)cc1. The molecule has 0 atom stereocenters. The lowest BCUT2D eigenvalue weighted by molar-refractivity contribution is -0.131. The molecule has 136 valence electrons. The fourth-order valence-corrected chi connectivity index (χ4v) is 2.38. The second-order valence-corrected chi connectivity index (χ2v) is 5.79. The van der Waals surface area contributed by atoms with Gasteiger partial charge in [0, 0.05) is 12.5 Å². The molecular formula is C20H18N4O3. The summed E-state index contributed by atoms with van der Waals surface area (Å²) in [5.74, 6) is -0.315. The first kappa shape index (κ1) is 18.1. The van der Waals surface area contributed by atoms with E-state index in [9.17, 15) is 9.59 Å². The Morgan fingerprint density at radius 1 is 1.04 bits per heavy atom. The van der Waals surface area contributed by atoms with Gasteiger partial charge < -0.3 is 4.74 Å². The lowest BCUT2D eigenvalue weighted by Crippen LogP contribution is -2.19. The number of esters is 1. The van der Waals surface area contributed by atoms with Crippen LogP contribution in [0.3, 0.4) is 0 Å². The maximum absolute atomic E-state index is 12.3. The Balaban J connectivity index is 1.65. The number of aromatic nitrogens is 2. The van der Waals surface area contributed by atoms with Crippen LogP contribution < -0.4 is 10.2 Å². The van der Waals surface area contributed by atoms with Crippen LogP contribution >= 0.6 is 0 Å². The monoisotopic (exact) mass is 362 g/mol. The number of carbonyl (C=O) groups excluding carboxylic acids is 2. The minimum absolute atomic E-state index is 0.315. The predicted octanol–water partition coefficient (Wildman–Crippen LogP) is 3.16. The third-order valence-electron chi connectivity index (χ3n) is 3.75. The van der Waals surface area contributed by atoms with Crippen molar-refractivity contribution in [2.45, 2.75) is 13.8 Å². The van der Waals surface area contributed by atoms with Crippen molar-refractivity contribution in [2.24, 2.45) is 5.10 Å². The summed E-state index contributed by atoms with van der Waals surface area (Å²) in [6.45, 7) is 3.11. The van der Waals surface area contributed by atoms with Gasteiger partial charge in [0.15, 0.2) is 0 Å². The molecular weight excluding hydrogens is 344 g/mol. The number of rotatable bonds is 5. The molecule has 1 amide bonds. The van der Waals surface area contributed by atoms with E-state index in [1.165, 1.54) is 6.92 Å². The number of H-pyrrole nitrogens is 1. The molecule has 0 aliphatic rings. The normalized spacial score (nSPS) is 11.1. The molecule has 0 aliphatic heterocycles. The molecule has 0 saturated heterocycles. The first-order valence-electron chi connectivity index (χ1n) is 8.27. The lowest BCUT2D eigenvalue weighted by Gasteiger charge is -2.04. The number of nitrogens with one attached hydrogen (secondary N) is 2. The van der Waals surface area contributed by atoms with Gasteiger partial charge in [-0.2, -0.15) is 10.2 Å². The molecule has 0 fully saturated rings. The van der Waals surface area contributed by atoms with E-state index in [0.717, 1.165) is 11.1 Å². The number of hydrogen-bond donors (Lipinski definition) is 2. The van der Waals surface area contributed by atoms with Crippen molar-refractivity contribution < 1.29 is 14.3 Å². The summed E-state index contributed by atoms with van der Waals surface area (Å²) in [4.78, 5) is 23.2. The van der Waals surface area contributed by atoms with Crippen LogP contribution in [0.2, 0.25) is 0 Å². The zero-order valence-electron chi connectivity index (χ0n) is 14.9. The summed E-state index contributed by atoms with van der Waals surface area (Å²) in [6, 6.07) is 18.1.